The second-order valence-corrected chi connectivity index (χ2v) is 8.31. The van der Waals surface area contributed by atoms with Crippen molar-refractivity contribution in [1.29, 1.82) is 0 Å². The van der Waals surface area contributed by atoms with Gasteiger partial charge in [0, 0.05) is 31.7 Å². The topological polar surface area (TPSA) is 105 Å². The van der Waals surface area contributed by atoms with E-state index in [-0.39, 0.29) is 40.0 Å². The van der Waals surface area contributed by atoms with Crippen LogP contribution in [0.4, 0.5) is 14.6 Å². The van der Waals surface area contributed by atoms with Crippen LogP contribution in [-0.4, -0.2) is 69.4 Å². The molecule has 0 saturated carbocycles. The quantitative estimate of drug-likeness (QED) is 0.620. The summed E-state index contributed by atoms with van der Waals surface area (Å²) in [5.74, 6) is -0.434. The van der Waals surface area contributed by atoms with Gasteiger partial charge in [0.1, 0.15) is 17.7 Å². The number of hydrogen-bond acceptors (Lipinski definition) is 8. The summed E-state index contributed by atoms with van der Waals surface area (Å²) in [5.41, 5.74) is -0.291. The van der Waals surface area contributed by atoms with Crippen molar-refractivity contribution in [3.63, 3.8) is 0 Å². The largest absolute Gasteiger partial charge is 0.507 e. The van der Waals surface area contributed by atoms with E-state index in [1.807, 2.05) is 0 Å². The van der Waals surface area contributed by atoms with Gasteiger partial charge in [-0.05, 0) is 18.6 Å². The number of benzene rings is 1. The van der Waals surface area contributed by atoms with Crippen molar-refractivity contribution < 1.29 is 18.6 Å². The number of nitrogens with zero attached hydrogens (tertiary/aromatic N) is 5. The molecule has 2 N–H and O–H groups in total. The molecule has 2 aliphatic heterocycles. The lowest BCUT2D eigenvalue weighted by Gasteiger charge is -2.45. The van der Waals surface area contributed by atoms with Crippen LogP contribution in [0.3, 0.4) is 0 Å². The number of morpholine rings is 1. The number of anilines is 1. The lowest BCUT2D eigenvalue weighted by Crippen LogP contribution is -2.65. The number of alkyl halides is 1. The normalized spacial score (nSPS) is 25.1. The Morgan fingerprint density at radius 2 is 2.09 bits per heavy atom. The second kappa shape index (κ2) is 7.75. The molecule has 2 aromatic heterocycles. The van der Waals surface area contributed by atoms with Crippen molar-refractivity contribution in [2.45, 2.75) is 30.7 Å². The summed E-state index contributed by atoms with van der Waals surface area (Å²) in [7, 11) is 3.17. The molecule has 0 aliphatic carbocycles. The monoisotopic (exact) mass is 444 g/mol. The molecule has 5 rings (SSSR count). The number of aryl methyl sites for hydroxylation is 1. The van der Waals surface area contributed by atoms with Crippen LogP contribution in [0.2, 0.25) is 0 Å². The highest BCUT2D eigenvalue weighted by atomic mass is 19.1. The van der Waals surface area contributed by atoms with Crippen LogP contribution in [0.25, 0.3) is 22.2 Å². The van der Waals surface area contributed by atoms with Crippen molar-refractivity contribution in [2.75, 3.05) is 25.2 Å². The standard InChI is InChI=1S/C21H22F2N6O3/c1-28-7-14(22)11-4-13(17(30)5-12(11)21(28)31)20-24-6-18(26-27-20)29(2)16-3-10-8-32-9-15(25-10)19(16)23/h4-7,10,15-16,19,25,30H,3,8-9H2,1-2H3/t10?,15?,16-,19+/m0/s1. The minimum Gasteiger partial charge on any atom is -0.507 e. The summed E-state index contributed by atoms with van der Waals surface area (Å²) in [4.78, 5) is 18.2. The van der Waals surface area contributed by atoms with Crippen molar-refractivity contribution in [2.24, 2.45) is 7.05 Å². The maximum Gasteiger partial charge on any atom is 0.258 e. The lowest BCUT2D eigenvalue weighted by molar-refractivity contribution is -0.0175. The first-order chi connectivity index (χ1) is 15.3. The molecule has 3 aromatic rings. The predicted octanol–water partition coefficient (Wildman–Crippen LogP) is 1.14. The molecule has 2 saturated heterocycles. The first-order valence-electron chi connectivity index (χ1n) is 10.3. The molecule has 2 unspecified atom stereocenters. The molecule has 0 amide bonds. The van der Waals surface area contributed by atoms with Crippen LogP contribution in [0, 0.1) is 5.82 Å². The van der Waals surface area contributed by atoms with E-state index in [4.69, 9.17) is 4.74 Å². The van der Waals surface area contributed by atoms with Gasteiger partial charge in [0.05, 0.1) is 42.4 Å². The molecule has 2 aliphatic rings. The molecule has 1 aromatic carbocycles. The fraction of sp³-hybridized carbons (Fsp3) is 0.429. The van der Waals surface area contributed by atoms with Gasteiger partial charge in [-0.2, -0.15) is 0 Å². The van der Waals surface area contributed by atoms with Gasteiger partial charge in [0.25, 0.3) is 5.56 Å². The van der Waals surface area contributed by atoms with Gasteiger partial charge in [-0.3, -0.25) is 4.79 Å². The zero-order chi connectivity index (χ0) is 22.6. The molecular weight excluding hydrogens is 422 g/mol. The van der Waals surface area contributed by atoms with E-state index < -0.39 is 23.6 Å². The highest BCUT2D eigenvalue weighted by molar-refractivity contribution is 5.89. The molecule has 9 nitrogen and oxygen atoms in total. The maximum atomic E-state index is 15.0. The average Bonchev–Trinajstić information content (AvgIpc) is 2.79. The molecule has 32 heavy (non-hydrogen) atoms. The molecule has 2 fully saturated rings. The Balaban J connectivity index is 1.45. The lowest BCUT2D eigenvalue weighted by atomic mass is 9.90. The molecule has 4 heterocycles. The summed E-state index contributed by atoms with van der Waals surface area (Å²) in [6.45, 7) is 0.864. The molecule has 0 spiro atoms. The number of pyridine rings is 1. The Hall–Kier alpha value is -3.18. The van der Waals surface area contributed by atoms with Crippen molar-refractivity contribution in [3.8, 4) is 17.1 Å². The van der Waals surface area contributed by atoms with Crippen LogP contribution < -0.4 is 15.8 Å². The fourth-order valence-corrected chi connectivity index (χ4v) is 4.47. The smallest absolute Gasteiger partial charge is 0.258 e. The minimum absolute atomic E-state index is 0.0486. The summed E-state index contributed by atoms with van der Waals surface area (Å²) in [5, 5.41) is 22.0. The van der Waals surface area contributed by atoms with Gasteiger partial charge >= 0.3 is 0 Å². The molecule has 2 bridgehead atoms. The van der Waals surface area contributed by atoms with Crippen LogP contribution in [0.15, 0.2) is 29.3 Å². The van der Waals surface area contributed by atoms with E-state index in [1.54, 1.807) is 11.9 Å². The Morgan fingerprint density at radius 1 is 1.28 bits per heavy atom. The molecular formula is C21H22F2N6O3. The molecule has 11 heteroatoms. The zero-order valence-corrected chi connectivity index (χ0v) is 17.5. The number of aromatic hydroxyl groups is 1. The van der Waals surface area contributed by atoms with Crippen LogP contribution >= 0.6 is 0 Å². The van der Waals surface area contributed by atoms with Crippen molar-refractivity contribution >= 4 is 16.6 Å². The predicted molar refractivity (Wildman–Crippen MR) is 113 cm³/mol. The highest BCUT2D eigenvalue weighted by Gasteiger charge is 2.42. The Morgan fingerprint density at radius 3 is 2.84 bits per heavy atom. The number of phenolic OH excluding ortho intramolecular Hbond substituents is 1. The number of nitrogens with one attached hydrogen (secondary N) is 1. The van der Waals surface area contributed by atoms with Gasteiger partial charge in [-0.25, -0.2) is 13.8 Å². The summed E-state index contributed by atoms with van der Waals surface area (Å²) < 4.78 is 35.9. The molecule has 4 atom stereocenters. The second-order valence-electron chi connectivity index (χ2n) is 8.31. The van der Waals surface area contributed by atoms with Gasteiger partial charge in [-0.15, -0.1) is 10.2 Å². The maximum absolute atomic E-state index is 15.0. The number of phenols is 1. The third-order valence-electron chi connectivity index (χ3n) is 6.24. The number of hydrogen-bond donors (Lipinski definition) is 2. The van der Waals surface area contributed by atoms with Gasteiger partial charge in [0.2, 0.25) is 0 Å². The third-order valence-corrected chi connectivity index (χ3v) is 6.24. The number of rotatable bonds is 3. The number of halogens is 2. The Kier molecular flexibility index (Phi) is 5.01. The Bertz CT molecular complexity index is 1230. The van der Waals surface area contributed by atoms with Crippen LogP contribution in [0.5, 0.6) is 5.75 Å². The fourth-order valence-electron chi connectivity index (χ4n) is 4.47. The van der Waals surface area contributed by atoms with E-state index in [1.165, 1.54) is 25.4 Å². The molecule has 168 valence electrons. The van der Waals surface area contributed by atoms with Gasteiger partial charge < -0.3 is 24.6 Å². The first kappa shape index (κ1) is 20.7. The summed E-state index contributed by atoms with van der Waals surface area (Å²) >= 11 is 0. The van der Waals surface area contributed by atoms with Gasteiger partial charge in [-0.1, -0.05) is 0 Å². The number of fused-ring (bicyclic) bond motifs is 3. The van der Waals surface area contributed by atoms with E-state index >= 15 is 0 Å². The van der Waals surface area contributed by atoms with Crippen LogP contribution in [0.1, 0.15) is 6.42 Å². The minimum atomic E-state index is -1.15. The van der Waals surface area contributed by atoms with Crippen molar-refractivity contribution in [3.05, 3.63) is 40.7 Å². The average molecular weight is 444 g/mol. The van der Waals surface area contributed by atoms with E-state index in [2.05, 4.69) is 20.5 Å². The number of piperidine rings is 1. The van der Waals surface area contributed by atoms with E-state index in [9.17, 15) is 18.7 Å². The first-order valence-corrected chi connectivity index (χ1v) is 10.3. The van der Waals surface area contributed by atoms with Gasteiger partial charge in [0.15, 0.2) is 11.6 Å². The molecule has 0 radical (unpaired) electrons. The third kappa shape index (κ3) is 3.37. The number of aromatic nitrogens is 4. The zero-order valence-electron chi connectivity index (χ0n) is 17.5. The summed E-state index contributed by atoms with van der Waals surface area (Å²) in [6, 6.07) is 1.82. The Labute approximate surface area is 181 Å². The van der Waals surface area contributed by atoms with Crippen molar-refractivity contribution in [1.82, 2.24) is 25.1 Å². The van der Waals surface area contributed by atoms with Crippen LogP contribution in [-0.2, 0) is 11.8 Å². The number of ether oxygens (including phenoxy) is 1. The summed E-state index contributed by atoms with van der Waals surface area (Å²) in [6.07, 6.45) is 1.92. The SMILES string of the molecule is CN(c1cnc(-c2cc3c(F)cn(C)c(=O)c3cc2O)nn1)[C@H]1CC2COCC(N2)[C@H]1F. The highest BCUT2D eigenvalue weighted by Crippen LogP contribution is 2.32. The van der Waals surface area contributed by atoms with E-state index in [0.717, 1.165) is 10.8 Å². The van der Waals surface area contributed by atoms with E-state index in [0.29, 0.717) is 25.5 Å².